The standard InChI is InChI=1S/C17H22BrN3O3/c1-4-23-13-7-6-12(10-14(13)24-5-2)8-9-19-17(22)16-15(18)11(3)20-21-16/h6-7,10H,4-5,8-9H2,1-3H3,(H,19,22)(H,20,21). The number of hydrogen-bond acceptors (Lipinski definition) is 4. The fourth-order valence-electron chi connectivity index (χ4n) is 2.22. The minimum Gasteiger partial charge on any atom is -0.490 e. The summed E-state index contributed by atoms with van der Waals surface area (Å²) in [4.78, 5) is 12.1. The Morgan fingerprint density at radius 2 is 1.96 bits per heavy atom. The van der Waals surface area contributed by atoms with Gasteiger partial charge in [0.2, 0.25) is 0 Å². The van der Waals surface area contributed by atoms with Crippen molar-refractivity contribution in [3.05, 3.63) is 39.6 Å². The van der Waals surface area contributed by atoms with E-state index in [-0.39, 0.29) is 5.91 Å². The Hall–Kier alpha value is -2.02. The first kappa shape index (κ1) is 18.3. The van der Waals surface area contributed by atoms with E-state index in [0.717, 1.165) is 22.8 Å². The molecular weight excluding hydrogens is 374 g/mol. The predicted octanol–water partition coefficient (Wildman–Crippen LogP) is 3.25. The molecular formula is C17H22BrN3O3. The van der Waals surface area contributed by atoms with Gasteiger partial charge in [0.1, 0.15) is 0 Å². The molecule has 0 bridgehead atoms. The van der Waals surface area contributed by atoms with Gasteiger partial charge in [-0.1, -0.05) is 6.07 Å². The van der Waals surface area contributed by atoms with Gasteiger partial charge in [-0.25, -0.2) is 0 Å². The maximum atomic E-state index is 12.1. The van der Waals surface area contributed by atoms with E-state index in [1.807, 2.05) is 39.0 Å². The molecule has 24 heavy (non-hydrogen) atoms. The third-order valence-electron chi connectivity index (χ3n) is 3.39. The smallest absolute Gasteiger partial charge is 0.272 e. The number of benzene rings is 1. The van der Waals surface area contributed by atoms with Crippen LogP contribution in [-0.2, 0) is 6.42 Å². The number of halogens is 1. The molecule has 130 valence electrons. The van der Waals surface area contributed by atoms with Gasteiger partial charge in [-0.3, -0.25) is 9.89 Å². The third kappa shape index (κ3) is 4.50. The molecule has 2 N–H and O–H groups in total. The van der Waals surface area contributed by atoms with E-state index in [4.69, 9.17) is 9.47 Å². The Labute approximate surface area is 150 Å². The molecule has 0 aliphatic carbocycles. The van der Waals surface area contributed by atoms with Crippen molar-refractivity contribution in [2.45, 2.75) is 27.2 Å². The summed E-state index contributed by atoms with van der Waals surface area (Å²) in [6.07, 6.45) is 0.694. The molecule has 0 radical (unpaired) electrons. The van der Waals surface area contributed by atoms with E-state index < -0.39 is 0 Å². The number of aromatic amines is 1. The van der Waals surface area contributed by atoms with Crippen molar-refractivity contribution in [1.82, 2.24) is 15.5 Å². The van der Waals surface area contributed by atoms with Gasteiger partial charge < -0.3 is 14.8 Å². The monoisotopic (exact) mass is 395 g/mol. The summed E-state index contributed by atoms with van der Waals surface area (Å²) in [5.41, 5.74) is 2.27. The summed E-state index contributed by atoms with van der Waals surface area (Å²) in [6, 6.07) is 5.84. The van der Waals surface area contributed by atoms with Gasteiger partial charge in [0.05, 0.1) is 17.7 Å². The van der Waals surface area contributed by atoms with E-state index in [1.165, 1.54) is 0 Å². The maximum absolute atomic E-state index is 12.1. The van der Waals surface area contributed by atoms with E-state index in [9.17, 15) is 4.79 Å². The summed E-state index contributed by atoms with van der Waals surface area (Å²) in [7, 11) is 0. The quantitative estimate of drug-likeness (QED) is 0.718. The van der Waals surface area contributed by atoms with Crippen LogP contribution >= 0.6 is 15.9 Å². The number of aromatic nitrogens is 2. The molecule has 0 saturated carbocycles. The highest BCUT2D eigenvalue weighted by Gasteiger charge is 2.15. The molecule has 1 aromatic carbocycles. The molecule has 0 atom stereocenters. The molecule has 0 aliphatic heterocycles. The lowest BCUT2D eigenvalue weighted by Gasteiger charge is -2.12. The molecule has 7 heteroatoms. The molecule has 6 nitrogen and oxygen atoms in total. The van der Waals surface area contributed by atoms with Crippen LogP contribution in [0.25, 0.3) is 0 Å². The normalized spacial score (nSPS) is 10.5. The highest BCUT2D eigenvalue weighted by atomic mass is 79.9. The van der Waals surface area contributed by atoms with Crippen LogP contribution in [0.3, 0.4) is 0 Å². The van der Waals surface area contributed by atoms with Crippen LogP contribution in [0.2, 0.25) is 0 Å². The molecule has 1 aromatic heterocycles. The topological polar surface area (TPSA) is 76.2 Å². The Kier molecular flexibility index (Phi) is 6.66. The van der Waals surface area contributed by atoms with Crippen LogP contribution in [0.5, 0.6) is 11.5 Å². The Bertz CT molecular complexity index is 700. The minimum absolute atomic E-state index is 0.206. The van der Waals surface area contributed by atoms with Gasteiger partial charge in [-0.2, -0.15) is 5.10 Å². The number of ether oxygens (including phenoxy) is 2. The molecule has 0 spiro atoms. The molecule has 1 heterocycles. The van der Waals surface area contributed by atoms with Crippen LogP contribution in [0.4, 0.5) is 0 Å². The van der Waals surface area contributed by atoms with Crippen molar-refractivity contribution in [3.63, 3.8) is 0 Å². The average molecular weight is 396 g/mol. The fourth-order valence-corrected chi connectivity index (χ4v) is 2.58. The second-order valence-corrected chi connectivity index (χ2v) is 5.96. The number of carbonyl (C=O) groups excluding carboxylic acids is 1. The van der Waals surface area contributed by atoms with Gasteiger partial charge in [0.15, 0.2) is 17.2 Å². The molecule has 0 unspecified atom stereocenters. The average Bonchev–Trinajstić information content (AvgIpc) is 2.90. The van der Waals surface area contributed by atoms with Crippen LogP contribution in [0.15, 0.2) is 22.7 Å². The SMILES string of the molecule is CCOc1ccc(CCNC(=O)c2n[nH]c(C)c2Br)cc1OCC. The molecule has 0 fully saturated rings. The Morgan fingerprint density at radius 1 is 1.25 bits per heavy atom. The van der Waals surface area contributed by atoms with Gasteiger partial charge in [-0.15, -0.1) is 0 Å². The Morgan fingerprint density at radius 3 is 2.58 bits per heavy atom. The molecule has 0 saturated heterocycles. The lowest BCUT2D eigenvalue weighted by molar-refractivity contribution is 0.0948. The summed E-state index contributed by atoms with van der Waals surface area (Å²) in [5.74, 6) is 1.26. The van der Waals surface area contributed by atoms with Crippen molar-refractivity contribution in [3.8, 4) is 11.5 Å². The van der Waals surface area contributed by atoms with E-state index >= 15 is 0 Å². The number of nitrogens with zero attached hydrogens (tertiary/aromatic N) is 1. The van der Waals surface area contributed by atoms with E-state index in [0.29, 0.717) is 36.3 Å². The van der Waals surface area contributed by atoms with E-state index in [2.05, 4.69) is 31.4 Å². The van der Waals surface area contributed by atoms with Gasteiger partial charge >= 0.3 is 0 Å². The highest BCUT2D eigenvalue weighted by molar-refractivity contribution is 9.10. The van der Waals surface area contributed by atoms with Crippen molar-refractivity contribution in [2.24, 2.45) is 0 Å². The molecule has 1 amide bonds. The second kappa shape index (κ2) is 8.73. The summed E-state index contributed by atoms with van der Waals surface area (Å²) in [6.45, 7) is 7.40. The largest absolute Gasteiger partial charge is 0.490 e. The summed E-state index contributed by atoms with van der Waals surface area (Å²) < 4.78 is 11.9. The van der Waals surface area contributed by atoms with Crippen LogP contribution in [0, 0.1) is 6.92 Å². The zero-order chi connectivity index (χ0) is 17.5. The predicted molar refractivity (Wildman–Crippen MR) is 95.8 cm³/mol. The van der Waals surface area contributed by atoms with Crippen molar-refractivity contribution < 1.29 is 14.3 Å². The summed E-state index contributed by atoms with van der Waals surface area (Å²) in [5, 5.41) is 9.64. The number of aryl methyl sites for hydroxylation is 1. The third-order valence-corrected chi connectivity index (χ3v) is 4.36. The number of rotatable bonds is 8. The zero-order valence-electron chi connectivity index (χ0n) is 14.1. The Balaban J connectivity index is 1.95. The van der Waals surface area contributed by atoms with Gasteiger partial charge in [0, 0.05) is 12.2 Å². The van der Waals surface area contributed by atoms with Crippen LogP contribution in [0.1, 0.15) is 35.6 Å². The van der Waals surface area contributed by atoms with Gasteiger partial charge in [-0.05, 0) is 60.8 Å². The van der Waals surface area contributed by atoms with Crippen molar-refractivity contribution >= 4 is 21.8 Å². The fraction of sp³-hybridized carbons (Fsp3) is 0.412. The van der Waals surface area contributed by atoms with Gasteiger partial charge in [0.25, 0.3) is 5.91 Å². The highest BCUT2D eigenvalue weighted by Crippen LogP contribution is 2.28. The first-order valence-electron chi connectivity index (χ1n) is 7.94. The number of nitrogens with one attached hydrogen (secondary N) is 2. The first-order valence-corrected chi connectivity index (χ1v) is 8.73. The number of hydrogen-bond donors (Lipinski definition) is 2. The minimum atomic E-state index is -0.206. The number of amides is 1. The zero-order valence-corrected chi connectivity index (χ0v) is 15.7. The van der Waals surface area contributed by atoms with Crippen molar-refractivity contribution in [2.75, 3.05) is 19.8 Å². The molecule has 0 aliphatic rings. The maximum Gasteiger partial charge on any atom is 0.272 e. The summed E-state index contributed by atoms with van der Waals surface area (Å²) >= 11 is 3.35. The molecule has 2 aromatic rings. The first-order chi connectivity index (χ1) is 11.6. The number of carbonyl (C=O) groups is 1. The van der Waals surface area contributed by atoms with E-state index in [1.54, 1.807) is 0 Å². The van der Waals surface area contributed by atoms with Crippen LogP contribution < -0.4 is 14.8 Å². The molecule has 2 rings (SSSR count). The lowest BCUT2D eigenvalue weighted by atomic mass is 10.1. The second-order valence-electron chi connectivity index (χ2n) is 5.16. The lowest BCUT2D eigenvalue weighted by Crippen LogP contribution is -2.26. The number of H-pyrrole nitrogens is 1. The van der Waals surface area contributed by atoms with Crippen LogP contribution in [-0.4, -0.2) is 35.9 Å². The van der Waals surface area contributed by atoms with Crippen molar-refractivity contribution in [1.29, 1.82) is 0 Å².